The average molecular weight is 365 g/mol. The molecule has 0 spiro atoms. The van der Waals surface area contributed by atoms with E-state index in [4.69, 9.17) is 9.47 Å². The van der Waals surface area contributed by atoms with Crippen LogP contribution in [0.4, 0.5) is 5.95 Å². The third-order valence-corrected chi connectivity index (χ3v) is 3.41. The Bertz CT molecular complexity index is 839. The minimum Gasteiger partial charge on any atom is -0.463 e. The van der Waals surface area contributed by atoms with E-state index in [1.165, 1.54) is 10.9 Å². The van der Waals surface area contributed by atoms with Crippen molar-refractivity contribution in [3.63, 3.8) is 0 Å². The molecule has 0 aliphatic heterocycles. The van der Waals surface area contributed by atoms with Crippen LogP contribution >= 0.6 is 0 Å². The van der Waals surface area contributed by atoms with Crippen LogP contribution in [0.5, 0.6) is 0 Å². The summed E-state index contributed by atoms with van der Waals surface area (Å²) in [4.78, 5) is 45.9. The number of nitrogens with zero attached hydrogens (tertiary/aromatic N) is 3. The van der Waals surface area contributed by atoms with Crippen molar-refractivity contribution in [2.75, 3.05) is 18.5 Å². The van der Waals surface area contributed by atoms with Gasteiger partial charge in [0.2, 0.25) is 11.9 Å². The molecule has 0 atom stereocenters. The van der Waals surface area contributed by atoms with E-state index in [-0.39, 0.29) is 60.8 Å². The van der Waals surface area contributed by atoms with Gasteiger partial charge < -0.3 is 9.47 Å². The Hall–Kier alpha value is -2.75. The fourth-order valence-corrected chi connectivity index (χ4v) is 1.90. The molecule has 0 unspecified atom stereocenters. The van der Waals surface area contributed by atoms with Gasteiger partial charge in [0, 0.05) is 5.92 Å². The van der Waals surface area contributed by atoms with Gasteiger partial charge in [-0.1, -0.05) is 27.7 Å². The van der Waals surface area contributed by atoms with Crippen molar-refractivity contribution >= 4 is 29.0 Å². The van der Waals surface area contributed by atoms with Crippen molar-refractivity contribution in [2.45, 2.75) is 34.4 Å². The lowest BCUT2D eigenvalue weighted by Crippen LogP contribution is -2.22. The zero-order valence-corrected chi connectivity index (χ0v) is 15.2. The van der Waals surface area contributed by atoms with Gasteiger partial charge in [-0.05, 0) is 0 Å². The molecule has 0 radical (unpaired) electrons. The fraction of sp³-hybridized carbons (Fsp3) is 0.562. The molecule has 10 nitrogen and oxygen atoms in total. The van der Waals surface area contributed by atoms with E-state index in [1.807, 2.05) is 0 Å². The molecule has 10 heteroatoms. The molecule has 0 saturated heterocycles. The van der Waals surface area contributed by atoms with E-state index in [9.17, 15) is 14.4 Å². The summed E-state index contributed by atoms with van der Waals surface area (Å²) in [6, 6.07) is 0. The number of esters is 1. The molecule has 2 heterocycles. The summed E-state index contributed by atoms with van der Waals surface area (Å²) in [5.41, 5.74) is -0.0342. The Morgan fingerprint density at radius 3 is 2.62 bits per heavy atom. The van der Waals surface area contributed by atoms with Gasteiger partial charge in [-0.15, -0.1) is 0 Å². The largest absolute Gasteiger partial charge is 0.463 e. The Kier molecular flexibility index (Phi) is 6.45. The highest BCUT2D eigenvalue weighted by atomic mass is 16.6. The smallest absolute Gasteiger partial charge is 0.308 e. The number of imidazole rings is 1. The van der Waals surface area contributed by atoms with E-state index in [2.05, 4.69) is 20.3 Å². The first-order valence-corrected chi connectivity index (χ1v) is 8.30. The standard InChI is InChI=1S/C16H23N5O5/c1-9(2)13(22)19-16-18-12-11(14(23)20-16)17-7-21(12)8-25-5-6-26-15(24)10(3)4/h7,9-10H,5-6,8H2,1-4H3,(H2,18,19,20,22,23). The molecule has 1 amide bonds. The minimum atomic E-state index is -0.460. The second-order valence-electron chi connectivity index (χ2n) is 6.30. The summed E-state index contributed by atoms with van der Waals surface area (Å²) in [5.74, 6) is -0.947. The zero-order chi connectivity index (χ0) is 19.3. The van der Waals surface area contributed by atoms with Crippen molar-refractivity contribution in [3.8, 4) is 0 Å². The lowest BCUT2D eigenvalue weighted by atomic mass is 10.2. The number of H-pyrrole nitrogens is 1. The third kappa shape index (κ3) is 4.88. The van der Waals surface area contributed by atoms with E-state index in [0.717, 1.165) is 0 Å². The van der Waals surface area contributed by atoms with Crippen molar-refractivity contribution in [1.29, 1.82) is 0 Å². The second-order valence-corrected chi connectivity index (χ2v) is 6.30. The number of anilines is 1. The van der Waals surface area contributed by atoms with Gasteiger partial charge in [-0.3, -0.25) is 29.3 Å². The number of carbonyl (C=O) groups excluding carboxylic acids is 2. The Morgan fingerprint density at radius 1 is 1.23 bits per heavy atom. The molecule has 0 bridgehead atoms. The van der Waals surface area contributed by atoms with E-state index in [0.29, 0.717) is 0 Å². The normalized spacial score (nSPS) is 11.3. The predicted molar refractivity (Wildman–Crippen MR) is 93.4 cm³/mol. The first-order valence-electron chi connectivity index (χ1n) is 8.30. The number of amides is 1. The van der Waals surface area contributed by atoms with Crippen LogP contribution in [0.2, 0.25) is 0 Å². The Balaban J connectivity index is 2.02. The maximum atomic E-state index is 12.1. The monoisotopic (exact) mass is 365 g/mol. The SMILES string of the molecule is CC(C)C(=O)Nc1nc2c(ncn2COCCOC(=O)C(C)C)c(=O)[nH]1. The minimum absolute atomic E-state index is 0.0498. The highest BCUT2D eigenvalue weighted by Gasteiger charge is 2.14. The van der Waals surface area contributed by atoms with Gasteiger partial charge in [0.1, 0.15) is 13.3 Å². The van der Waals surface area contributed by atoms with E-state index in [1.54, 1.807) is 27.7 Å². The molecular weight excluding hydrogens is 342 g/mol. The highest BCUT2D eigenvalue weighted by Crippen LogP contribution is 2.09. The van der Waals surface area contributed by atoms with Crippen LogP contribution in [0.1, 0.15) is 27.7 Å². The zero-order valence-electron chi connectivity index (χ0n) is 15.2. The van der Waals surface area contributed by atoms with Crippen molar-refractivity contribution < 1.29 is 19.1 Å². The van der Waals surface area contributed by atoms with Crippen LogP contribution in [0, 0.1) is 11.8 Å². The molecule has 26 heavy (non-hydrogen) atoms. The Labute approximate surface area is 149 Å². The van der Waals surface area contributed by atoms with E-state index < -0.39 is 5.56 Å². The number of hydrogen-bond acceptors (Lipinski definition) is 7. The van der Waals surface area contributed by atoms with Crippen LogP contribution in [-0.4, -0.2) is 44.6 Å². The van der Waals surface area contributed by atoms with Gasteiger partial charge >= 0.3 is 5.97 Å². The molecule has 0 saturated carbocycles. The molecule has 0 aliphatic rings. The van der Waals surface area contributed by atoms with Crippen LogP contribution in [0.15, 0.2) is 11.1 Å². The van der Waals surface area contributed by atoms with E-state index >= 15 is 0 Å². The molecule has 2 N–H and O–H groups in total. The fourth-order valence-electron chi connectivity index (χ4n) is 1.90. The molecule has 0 fully saturated rings. The van der Waals surface area contributed by atoms with Crippen LogP contribution in [-0.2, 0) is 25.8 Å². The number of ether oxygens (including phenoxy) is 2. The van der Waals surface area contributed by atoms with Gasteiger partial charge in [0.25, 0.3) is 5.56 Å². The predicted octanol–water partition coefficient (Wildman–Crippen LogP) is 0.887. The maximum absolute atomic E-state index is 12.1. The van der Waals surface area contributed by atoms with Crippen LogP contribution in [0.25, 0.3) is 11.2 Å². The molecule has 0 aromatic carbocycles. The van der Waals surface area contributed by atoms with Gasteiger partial charge in [0.15, 0.2) is 11.2 Å². The maximum Gasteiger partial charge on any atom is 0.308 e. The highest BCUT2D eigenvalue weighted by molar-refractivity contribution is 5.91. The summed E-state index contributed by atoms with van der Waals surface area (Å²) >= 11 is 0. The lowest BCUT2D eigenvalue weighted by Gasteiger charge is -2.09. The number of fused-ring (bicyclic) bond motifs is 1. The first kappa shape index (κ1) is 19.6. The number of hydrogen-bond donors (Lipinski definition) is 2. The summed E-state index contributed by atoms with van der Waals surface area (Å²) < 4.78 is 12.0. The number of aromatic amines is 1. The lowest BCUT2D eigenvalue weighted by molar-refractivity contribution is -0.149. The van der Waals surface area contributed by atoms with Crippen LogP contribution < -0.4 is 10.9 Å². The molecule has 2 aromatic rings. The number of carbonyl (C=O) groups is 2. The number of nitrogens with one attached hydrogen (secondary N) is 2. The van der Waals surface area contributed by atoms with Crippen molar-refractivity contribution in [2.24, 2.45) is 11.8 Å². The molecular formula is C16H23N5O5. The third-order valence-electron chi connectivity index (χ3n) is 3.41. The second kappa shape index (κ2) is 8.56. The Morgan fingerprint density at radius 2 is 1.96 bits per heavy atom. The summed E-state index contributed by atoms with van der Waals surface area (Å²) in [6.07, 6.45) is 1.42. The molecule has 0 aliphatic carbocycles. The number of rotatable bonds is 8. The summed E-state index contributed by atoms with van der Waals surface area (Å²) in [7, 11) is 0. The van der Waals surface area contributed by atoms with Gasteiger partial charge in [0.05, 0.1) is 18.9 Å². The van der Waals surface area contributed by atoms with Gasteiger partial charge in [-0.2, -0.15) is 4.98 Å². The summed E-state index contributed by atoms with van der Waals surface area (Å²) in [6.45, 7) is 7.36. The topological polar surface area (TPSA) is 128 Å². The van der Waals surface area contributed by atoms with Gasteiger partial charge in [-0.25, -0.2) is 4.98 Å². The first-order chi connectivity index (χ1) is 12.3. The quantitative estimate of drug-likeness (QED) is 0.525. The number of aromatic nitrogens is 4. The molecule has 142 valence electrons. The molecule has 2 rings (SSSR count). The molecule has 2 aromatic heterocycles. The van der Waals surface area contributed by atoms with Crippen LogP contribution in [0.3, 0.4) is 0 Å². The van der Waals surface area contributed by atoms with Crippen molar-refractivity contribution in [1.82, 2.24) is 19.5 Å². The summed E-state index contributed by atoms with van der Waals surface area (Å²) in [5, 5.41) is 2.55. The average Bonchev–Trinajstić information content (AvgIpc) is 2.97. The van der Waals surface area contributed by atoms with Crippen molar-refractivity contribution in [3.05, 3.63) is 16.7 Å².